The molecule has 0 spiro atoms. The molecule has 6 heteroatoms. The number of amides is 2. The van der Waals surface area contributed by atoms with Gasteiger partial charge in [0, 0.05) is 35.2 Å². The number of nitrogens with two attached hydrogens (primary N) is 1. The molecule has 1 unspecified atom stereocenters. The van der Waals surface area contributed by atoms with E-state index < -0.39 is 5.54 Å². The number of nitrogens with zero attached hydrogens (tertiary/aromatic N) is 1. The van der Waals surface area contributed by atoms with E-state index in [-0.39, 0.29) is 24.2 Å². The third kappa shape index (κ3) is 4.08. The summed E-state index contributed by atoms with van der Waals surface area (Å²) in [6, 6.07) is 5.76. The number of hydrogen-bond donors (Lipinski definition) is 2. The molecule has 1 fully saturated rings. The molecule has 0 aromatic heterocycles. The van der Waals surface area contributed by atoms with Crippen molar-refractivity contribution < 1.29 is 9.59 Å². The average molecular weight is 368 g/mol. The number of nitrogens with one attached hydrogen (secondary N) is 1. The van der Waals surface area contributed by atoms with E-state index in [1.807, 2.05) is 39.0 Å². The fraction of sp³-hybridized carbons (Fsp3) is 0.500. The zero-order valence-corrected chi connectivity index (χ0v) is 14.7. The summed E-state index contributed by atoms with van der Waals surface area (Å²) in [5.74, 6) is -0.448. The molecule has 1 aromatic carbocycles. The minimum absolute atomic E-state index is 0.0196. The highest BCUT2D eigenvalue weighted by atomic mass is 79.9. The van der Waals surface area contributed by atoms with Gasteiger partial charge in [0.25, 0.3) is 0 Å². The predicted octanol–water partition coefficient (Wildman–Crippen LogP) is 1.96. The first-order valence-corrected chi connectivity index (χ1v) is 8.10. The monoisotopic (exact) mass is 367 g/mol. The lowest BCUT2D eigenvalue weighted by Gasteiger charge is -2.21. The predicted molar refractivity (Wildman–Crippen MR) is 90.6 cm³/mol. The lowest BCUT2D eigenvalue weighted by molar-refractivity contribution is -0.126. The number of anilines is 1. The molecular weight excluding hydrogens is 346 g/mol. The Kier molecular flexibility index (Phi) is 4.92. The fourth-order valence-corrected chi connectivity index (χ4v) is 2.64. The summed E-state index contributed by atoms with van der Waals surface area (Å²) in [7, 11) is 0. The number of carbonyl (C=O) groups excluding carboxylic acids is 2. The molecule has 5 nitrogen and oxygen atoms in total. The van der Waals surface area contributed by atoms with Crippen molar-refractivity contribution in [1.29, 1.82) is 0 Å². The minimum Gasteiger partial charge on any atom is -0.354 e. The van der Waals surface area contributed by atoms with Gasteiger partial charge in [-0.1, -0.05) is 15.9 Å². The first-order chi connectivity index (χ1) is 10.2. The van der Waals surface area contributed by atoms with E-state index in [1.54, 1.807) is 4.90 Å². The molecule has 120 valence electrons. The summed E-state index contributed by atoms with van der Waals surface area (Å²) in [6.45, 7) is 6.49. The maximum atomic E-state index is 12.2. The molecule has 1 heterocycles. The van der Waals surface area contributed by atoms with Gasteiger partial charge in [-0.05, 0) is 44.5 Å². The van der Waals surface area contributed by atoms with Crippen LogP contribution in [-0.4, -0.2) is 30.4 Å². The zero-order chi connectivity index (χ0) is 16.5. The molecule has 1 aromatic rings. The Balaban J connectivity index is 2.04. The second-order valence-electron chi connectivity index (χ2n) is 6.55. The summed E-state index contributed by atoms with van der Waals surface area (Å²) in [4.78, 5) is 26.1. The third-order valence-corrected chi connectivity index (χ3v) is 4.56. The maximum Gasteiger partial charge on any atom is 0.227 e. The highest BCUT2D eigenvalue weighted by molar-refractivity contribution is 9.10. The number of carbonyl (C=O) groups is 2. The molecule has 1 aliphatic heterocycles. The van der Waals surface area contributed by atoms with Gasteiger partial charge in [0.15, 0.2) is 0 Å². The number of halogens is 1. The summed E-state index contributed by atoms with van der Waals surface area (Å²) >= 11 is 3.45. The van der Waals surface area contributed by atoms with Gasteiger partial charge in [0.05, 0.1) is 5.92 Å². The zero-order valence-electron chi connectivity index (χ0n) is 13.1. The Morgan fingerprint density at radius 3 is 2.77 bits per heavy atom. The van der Waals surface area contributed by atoms with Crippen molar-refractivity contribution >= 4 is 33.4 Å². The molecule has 1 saturated heterocycles. The molecule has 22 heavy (non-hydrogen) atoms. The van der Waals surface area contributed by atoms with Crippen LogP contribution >= 0.6 is 15.9 Å². The lowest BCUT2D eigenvalue weighted by atomic mass is 10.1. The standard InChI is InChI=1S/C16H22BrN3O2/c1-10-6-12(4-5-13(10)17)20-8-11(7-14(20)21)15(22)19-9-16(2,3)18/h4-6,11H,7-9,18H2,1-3H3,(H,19,22). The van der Waals surface area contributed by atoms with Crippen LogP contribution in [0, 0.1) is 12.8 Å². The highest BCUT2D eigenvalue weighted by Crippen LogP contribution is 2.28. The average Bonchev–Trinajstić information content (AvgIpc) is 2.80. The van der Waals surface area contributed by atoms with Crippen molar-refractivity contribution in [1.82, 2.24) is 5.32 Å². The molecule has 3 N–H and O–H groups in total. The van der Waals surface area contributed by atoms with Crippen LogP contribution < -0.4 is 16.0 Å². The Morgan fingerprint density at radius 2 is 2.18 bits per heavy atom. The Morgan fingerprint density at radius 1 is 1.50 bits per heavy atom. The number of rotatable bonds is 4. The first kappa shape index (κ1) is 17.0. The topological polar surface area (TPSA) is 75.4 Å². The van der Waals surface area contributed by atoms with E-state index in [0.717, 1.165) is 15.7 Å². The quantitative estimate of drug-likeness (QED) is 0.853. The SMILES string of the molecule is Cc1cc(N2CC(C(=O)NCC(C)(C)N)CC2=O)ccc1Br. The molecule has 2 amide bonds. The fourth-order valence-electron chi connectivity index (χ4n) is 2.39. The Bertz CT molecular complexity index is 596. The van der Waals surface area contributed by atoms with E-state index in [9.17, 15) is 9.59 Å². The van der Waals surface area contributed by atoms with Crippen LogP contribution in [0.3, 0.4) is 0 Å². The van der Waals surface area contributed by atoms with Crippen molar-refractivity contribution in [2.24, 2.45) is 11.7 Å². The van der Waals surface area contributed by atoms with E-state index in [4.69, 9.17) is 5.73 Å². The summed E-state index contributed by atoms with van der Waals surface area (Å²) in [5.41, 5.74) is 7.30. The van der Waals surface area contributed by atoms with Crippen molar-refractivity contribution in [3.63, 3.8) is 0 Å². The summed E-state index contributed by atoms with van der Waals surface area (Å²) in [5, 5.41) is 2.83. The molecular formula is C16H22BrN3O2. The smallest absolute Gasteiger partial charge is 0.227 e. The van der Waals surface area contributed by atoms with E-state index in [1.165, 1.54) is 0 Å². The van der Waals surface area contributed by atoms with Gasteiger partial charge >= 0.3 is 0 Å². The molecule has 2 rings (SSSR count). The molecule has 0 radical (unpaired) electrons. The molecule has 1 atom stereocenters. The van der Waals surface area contributed by atoms with Crippen LogP contribution in [0.2, 0.25) is 0 Å². The van der Waals surface area contributed by atoms with Crippen LogP contribution in [0.5, 0.6) is 0 Å². The van der Waals surface area contributed by atoms with Gasteiger partial charge in [0.1, 0.15) is 0 Å². The Hall–Kier alpha value is -1.40. The van der Waals surface area contributed by atoms with E-state index >= 15 is 0 Å². The van der Waals surface area contributed by atoms with E-state index in [0.29, 0.717) is 13.1 Å². The largest absolute Gasteiger partial charge is 0.354 e. The second-order valence-corrected chi connectivity index (χ2v) is 7.40. The number of aryl methyl sites for hydroxylation is 1. The van der Waals surface area contributed by atoms with Crippen LogP contribution in [0.25, 0.3) is 0 Å². The van der Waals surface area contributed by atoms with Crippen LogP contribution in [0.1, 0.15) is 25.8 Å². The van der Waals surface area contributed by atoms with Gasteiger partial charge < -0.3 is 16.0 Å². The van der Waals surface area contributed by atoms with Crippen LogP contribution in [-0.2, 0) is 9.59 Å². The van der Waals surface area contributed by atoms with Crippen LogP contribution in [0.15, 0.2) is 22.7 Å². The number of benzene rings is 1. The normalized spacial score (nSPS) is 18.7. The van der Waals surface area contributed by atoms with E-state index in [2.05, 4.69) is 21.2 Å². The number of hydrogen-bond acceptors (Lipinski definition) is 3. The Labute approximate surface area is 139 Å². The van der Waals surface area contributed by atoms with Crippen molar-refractivity contribution in [3.8, 4) is 0 Å². The highest BCUT2D eigenvalue weighted by Gasteiger charge is 2.35. The van der Waals surface area contributed by atoms with Gasteiger partial charge in [-0.25, -0.2) is 0 Å². The van der Waals surface area contributed by atoms with Gasteiger partial charge in [-0.15, -0.1) is 0 Å². The molecule has 0 aliphatic carbocycles. The lowest BCUT2D eigenvalue weighted by Crippen LogP contribution is -2.46. The van der Waals surface area contributed by atoms with Gasteiger partial charge in [-0.3, -0.25) is 9.59 Å². The second kappa shape index (κ2) is 6.38. The minimum atomic E-state index is -0.458. The van der Waals surface area contributed by atoms with Crippen molar-refractivity contribution in [2.45, 2.75) is 32.7 Å². The van der Waals surface area contributed by atoms with Gasteiger partial charge in [-0.2, -0.15) is 0 Å². The third-order valence-electron chi connectivity index (χ3n) is 3.67. The molecule has 0 saturated carbocycles. The van der Waals surface area contributed by atoms with Crippen molar-refractivity contribution in [3.05, 3.63) is 28.2 Å². The van der Waals surface area contributed by atoms with Gasteiger partial charge in [0.2, 0.25) is 11.8 Å². The maximum absolute atomic E-state index is 12.2. The van der Waals surface area contributed by atoms with Crippen LogP contribution in [0.4, 0.5) is 5.69 Å². The summed E-state index contributed by atoms with van der Waals surface area (Å²) < 4.78 is 1.00. The molecule has 1 aliphatic rings. The summed E-state index contributed by atoms with van der Waals surface area (Å²) in [6.07, 6.45) is 0.242. The first-order valence-electron chi connectivity index (χ1n) is 7.30. The molecule has 0 bridgehead atoms. The van der Waals surface area contributed by atoms with Crippen molar-refractivity contribution in [2.75, 3.05) is 18.0 Å².